The van der Waals surface area contributed by atoms with Gasteiger partial charge in [-0.25, -0.2) is 4.39 Å². The van der Waals surface area contributed by atoms with Gasteiger partial charge in [-0.1, -0.05) is 36.3 Å². The number of rotatable bonds is 1. The molecule has 2 aromatic rings. The molecule has 0 saturated carbocycles. The minimum atomic E-state index is -0.380. The lowest BCUT2D eigenvalue weighted by molar-refractivity contribution is 0.105. The van der Waals surface area contributed by atoms with E-state index < -0.39 is 0 Å². The molecule has 0 saturated heterocycles. The summed E-state index contributed by atoms with van der Waals surface area (Å²) in [6, 6.07) is 12.9. The Labute approximate surface area is 113 Å². The first-order valence-electron chi connectivity index (χ1n) is 5.23. The highest BCUT2D eigenvalue weighted by Gasteiger charge is 2.01. The molecule has 18 heavy (non-hydrogen) atoms. The molecular weight excluding hydrogens is 295 g/mol. The van der Waals surface area contributed by atoms with Gasteiger partial charge in [0.1, 0.15) is 5.82 Å². The van der Waals surface area contributed by atoms with E-state index in [0.717, 1.165) is 0 Å². The number of Topliss-reactive ketones (excluding diaryl/α,β-unsaturated/α-hetero) is 1. The molecule has 2 aromatic carbocycles. The van der Waals surface area contributed by atoms with Crippen molar-refractivity contribution in [2.45, 2.75) is 0 Å². The molecule has 88 valence electrons. The standard InChI is InChI=1S/C15H8BrFO/c16-14-8-7-13(17)10-12(14)6-9-15(18)11-4-2-1-3-5-11/h1-5,7-8,10H. The lowest BCUT2D eigenvalue weighted by Crippen LogP contribution is -1.94. The summed E-state index contributed by atoms with van der Waals surface area (Å²) in [6.07, 6.45) is 0. The maximum Gasteiger partial charge on any atom is 0.236 e. The van der Waals surface area contributed by atoms with Gasteiger partial charge in [-0.2, -0.15) is 0 Å². The second kappa shape index (κ2) is 5.61. The van der Waals surface area contributed by atoms with Crippen LogP contribution in [0.1, 0.15) is 15.9 Å². The topological polar surface area (TPSA) is 17.1 Å². The van der Waals surface area contributed by atoms with Crippen LogP contribution >= 0.6 is 15.9 Å². The third kappa shape index (κ3) is 3.06. The van der Waals surface area contributed by atoms with E-state index >= 15 is 0 Å². The van der Waals surface area contributed by atoms with Crippen LogP contribution in [0.25, 0.3) is 0 Å². The third-order valence-corrected chi connectivity index (χ3v) is 2.97. The summed E-state index contributed by atoms with van der Waals surface area (Å²) in [7, 11) is 0. The molecule has 0 heterocycles. The fourth-order valence-corrected chi connectivity index (χ4v) is 1.72. The molecule has 0 radical (unpaired) electrons. The minimum absolute atomic E-state index is 0.285. The second-order valence-corrected chi connectivity index (χ2v) is 4.42. The average Bonchev–Trinajstić information content (AvgIpc) is 2.40. The molecule has 0 aromatic heterocycles. The molecule has 0 spiro atoms. The number of hydrogen-bond acceptors (Lipinski definition) is 1. The Bertz CT molecular complexity index is 639. The smallest absolute Gasteiger partial charge is 0.236 e. The van der Waals surface area contributed by atoms with Crippen LogP contribution in [0.15, 0.2) is 53.0 Å². The summed E-state index contributed by atoms with van der Waals surface area (Å²) in [6.45, 7) is 0. The van der Waals surface area contributed by atoms with Gasteiger partial charge in [0.05, 0.1) is 0 Å². The molecule has 0 N–H and O–H groups in total. The summed E-state index contributed by atoms with van der Waals surface area (Å²) < 4.78 is 13.7. The van der Waals surface area contributed by atoms with Gasteiger partial charge in [0.2, 0.25) is 5.78 Å². The van der Waals surface area contributed by atoms with Crippen LogP contribution in [0.5, 0.6) is 0 Å². The minimum Gasteiger partial charge on any atom is -0.279 e. The summed E-state index contributed by atoms with van der Waals surface area (Å²) >= 11 is 3.26. The zero-order valence-electron chi connectivity index (χ0n) is 9.28. The molecule has 0 fully saturated rings. The van der Waals surface area contributed by atoms with Crippen LogP contribution in [-0.2, 0) is 0 Å². The summed E-state index contributed by atoms with van der Waals surface area (Å²) in [5.74, 6) is 4.50. The molecule has 3 heteroatoms. The Morgan fingerprint density at radius 3 is 2.56 bits per heavy atom. The Morgan fingerprint density at radius 1 is 1.11 bits per heavy atom. The monoisotopic (exact) mass is 302 g/mol. The van der Waals surface area contributed by atoms with Crippen molar-refractivity contribution >= 4 is 21.7 Å². The van der Waals surface area contributed by atoms with Gasteiger partial charge >= 0.3 is 0 Å². The summed E-state index contributed by atoms with van der Waals surface area (Å²) in [5.41, 5.74) is 0.983. The van der Waals surface area contributed by atoms with Crippen molar-refractivity contribution in [3.8, 4) is 11.8 Å². The van der Waals surface area contributed by atoms with Gasteiger partial charge in [-0.3, -0.25) is 4.79 Å². The number of hydrogen-bond donors (Lipinski definition) is 0. The van der Waals surface area contributed by atoms with E-state index in [0.29, 0.717) is 15.6 Å². The first kappa shape index (κ1) is 12.5. The lowest BCUT2D eigenvalue weighted by atomic mass is 10.1. The molecule has 0 amide bonds. The van der Waals surface area contributed by atoms with Gasteiger partial charge in [-0.15, -0.1) is 0 Å². The molecule has 0 aliphatic carbocycles. The largest absolute Gasteiger partial charge is 0.279 e. The van der Waals surface area contributed by atoms with Crippen LogP contribution in [0.2, 0.25) is 0 Å². The van der Waals surface area contributed by atoms with Crippen LogP contribution in [0, 0.1) is 17.7 Å². The van der Waals surface area contributed by atoms with E-state index in [9.17, 15) is 9.18 Å². The number of carbonyl (C=O) groups excluding carboxylic acids is 1. The highest BCUT2D eigenvalue weighted by molar-refractivity contribution is 9.10. The van der Waals surface area contributed by atoms with E-state index in [2.05, 4.69) is 27.8 Å². The van der Waals surface area contributed by atoms with Gasteiger partial charge < -0.3 is 0 Å². The molecule has 0 aliphatic heterocycles. The SMILES string of the molecule is O=C(C#Cc1cc(F)ccc1Br)c1ccccc1. The normalized spacial score (nSPS) is 9.44. The molecular formula is C15H8BrFO. The number of halogens is 2. The van der Waals surface area contributed by atoms with E-state index in [1.807, 2.05) is 6.07 Å². The van der Waals surface area contributed by atoms with Gasteiger partial charge in [0.15, 0.2) is 0 Å². The number of ketones is 1. The summed E-state index contributed by atoms with van der Waals surface area (Å²) in [4.78, 5) is 11.7. The Balaban J connectivity index is 2.27. The molecule has 0 aliphatic rings. The predicted molar refractivity (Wildman–Crippen MR) is 71.8 cm³/mol. The van der Waals surface area contributed by atoms with Crippen LogP contribution in [0.4, 0.5) is 4.39 Å². The highest BCUT2D eigenvalue weighted by Crippen LogP contribution is 2.16. The van der Waals surface area contributed by atoms with Crippen LogP contribution in [-0.4, -0.2) is 5.78 Å². The van der Waals surface area contributed by atoms with Crippen molar-refractivity contribution < 1.29 is 9.18 Å². The van der Waals surface area contributed by atoms with Crippen molar-refractivity contribution in [2.75, 3.05) is 0 Å². The van der Waals surface area contributed by atoms with Crippen LogP contribution in [0.3, 0.4) is 0 Å². The van der Waals surface area contributed by atoms with Gasteiger partial charge in [-0.05, 0) is 40.0 Å². The second-order valence-electron chi connectivity index (χ2n) is 3.57. The Kier molecular flexibility index (Phi) is 3.91. The fraction of sp³-hybridized carbons (Fsp3) is 0. The van der Waals surface area contributed by atoms with Crippen molar-refractivity contribution in [1.29, 1.82) is 0 Å². The lowest BCUT2D eigenvalue weighted by Gasteiger charge is -1.95. The summed E-state index contributed by atoms with van der Waals surface area (Å²) in [5, 5.41) is 0. The zero-order chi connectivity index (χ0) is 13.0. The maximum absolute atomic E-state index is 13.0. The molecule has 0 unspecified atom stereocenters. The first-order chi connectivity index (χ1) is 8.66. The number of carbonyl (C=O) groups is 1. The Morgan fingerprint density at radius 2 is 1.83 bits per heavy atom. The van der Waals surface area contributed by atoms with Crippen molar-refractivity contribution in [3.05, 3.63) is 69.9 Å². The third-order valence-electron chi connectivity index (χ3n) is 2.28. The van der Waals surface area contributed by atoms with Gasteiger partial charge in [0, 0.05) is 15.6 Å². The quantitative estimate of drug-likeness (QED) is 0.578. The fourth-order valence-electron chi connectivity index (χ4n) is 1.38. The molecule has 0 atom stereocenters. The molecule has 0 bridgehead atoms. The molecule has 2 rings (SSSR count). The maximum atomic E-state index is 13.0. The van der Waals surface area contributed by atoms with Crippen molar-refractivity contribution in [1.82, 2.24) is 0 Å². The van der Waals surface area contributed by atoms with E-state index in [1.165, 1.54) is 12.1 Å². The van der Waals surface area contributed by atoms with E-state index in [1.54, 1.807) is 30.3 Å². The zero-order valence-corrected chi connectivity index (χ0v) is 10.9. The van der Waals surface area contributed by atoms with Crippen LogP contribution < -0.4 is 0 Å². The highest BCUT2D eigenvalue weighted by atomic mass is 79.9. The predicted octanol–water partition coefficient (Wildman–Crippen LogP) is 3.82. The number of benzene rings is 2. The average molecular weight is 303 g/mol. The first-order valence-corrected chi connectivity index (χ1v) is 6.02. The molecule has 1 nitrogen and oxygen atoms in total. The van der Waals surface area contributed by atoms with E-state index in [4.69, 9.17) is 0 Å². The Hall–Kier alpha value is -1.92. The van der Waals surface area contributed by atoms with Crippen molar-refractivity contribution in [2.24, 2.45) is 0 Å². The van der Waals surface area contributed by atoms with E-state index in [-0.39, 0.29) is 11.6 Å². The van der Waals surface area contributed by atoms with Gasteiger partial charge in [0.25, 0.3) is 0 Å². The van der Waals surface area contributed by atoms with Crippen molar-refractivity contribution in [3.63, 3.8) is 0 Å².